The average Bonchev–Trinajstić information content (AvgIpc) is 3.28. The van der Waals surface area contributed by atoms with Crippen molar-refractivity contribution in [3.63, 3.8) is 0 Å². The van der Waals surface area contributed by atoms with E-state index < -0.39 is 0 Å². The number of piperazine rings is 1. The third kappa shape index (κ3) is 4.50. The Bertz CT molecular complexity index is 1410. The number of H-pyrrole nitrogens is 1. The zero-order chi connectivity index (χ0) is 23.5. The Balaban J connectivity index is 1.12. The van der Waals surface area contributed by atoms with Crippen molar-refractivity contribution in [3.8, 4) is 6.07 Å². The Morgan fingerprint density at radius 1 is 1.09 bits per heavy atom. The van der Waals surface area contributed by atoms with Gasteiger partial charge < -0.3 is 19.6 Å². The first-order valence-corrected chi connectivity index (χ1v) is 11.9. The SMILES string of the molecule is CNc1cc2cc(N3CCN(CCCCc4c[nH]c5ccc(C#N)cc45)CC3)ccc2oc1=O. The van der Waals surface area contributed by atoms with Crippen molar-refractivity contribution in [3.05, 3.63) is 70.2 Å². The molecule has 1 aliphatic heterocycles. The van der Waals surface area contributed by atoms with Crippen molar-refractivity contribution < 1.29 is 4.42 Å². The molecule has 34 heavy (non-hydrogen) atoms. The summed E-state index contributed by atoms with van der Waals surface area (Å²) in [6.07, 6.45) is 5.40. The van der Waals surface area contributed by atoms with Gasteiger partial charge in [0.15, 0.2) is 0 Å². The number of hydrogen-bond donors (Lipinski definition) is 2. The highest BCUT2D eigenvalue weighted by Crippen LogP contribution is 2.25. The Morgan fingerprint density at radius 2 is 1.94 bits per heavy atom. The molecule has 2 N–H and O–H groups in total. The first kappa shape index (κ1) is 22.1. The summed E-state index contributed by atoms with van der Waals surface area (Å²) in [5.74, 6) is 0. The Hall–Kier alpha value is -3.76. The minimum Gasteiger partial charge on any atom is -0.421 e. The van der Waals surface area contributed by atoms with E-state index in [0.29, 0.717) is 16.8 Å². The maximum absolute atomic E-state index is 11.9. The largest absolute Gasteiger partial charge is 0.421 e. The van der Waals surface area contributed by atoms with E-state index in [1.807, 2.05) is 36.4 Å². The van der Waals surface area contributed by atoms with Crippen LogP contribution >= 0.6 is 0 Å². The lowest BCUT2D eigenvalue weighted by molar-refractivity contribution is 0.253. The Labute approximate surface area is 198 Å². The molecule has 0 spiro atoms. The fraction of sp³-hybridized carbons (Fsp3) is 0.333. The fourth-order valence-electron chi connectivity index (χ4n) is 4.82. The molecule has 7 nitrogen and oxygen atoms in total. The molecule has 4 aromatic rings. The van der Waals surface area contributed by atoms with Crippen LogP contribution in [0, 0.1) is 11.3 Å². The Morgan fingerprint density at radius 3 is 2.74 bits per heavy atom. The number of nitrogens with one attached hydrogen (secondary N) is 2. The van der Waals surface area contributed by atoms with E-state index in [-0.39, 0.29) is 5.63 Å². The van der Waals surface area contributed by atoms with E-state index in [4.69, 9.17) is 9.68 Å². The molecule has 0 radical (unpaired) electrons. The molecule has 2 aromatic heterocycles. The minimum atomic E-state index is -0.340. The van der Waals surface area contributed by atoms with Crippen LogP contribution in [-0.2, 0) is 6.42 Å². The van der Waals surface area contributed by atoms with Crippen LogP contribution in [0.4, 0.5) is 11.4 Å². The lowest BCUT2D eigenvalue weighted by Gasteiger charge is -2.36. The summed E-state index contributed by atoms with van der Waals surface area (Å²) in [6, 6.07) is 16.0. The monoisotopic (exact) mass is 455 g/mol. The molecular weight excluding hydrogens is 426 g/mol. The molecule has 7 heteroatoms. The van der Waals surface area contributed by atoms with E-state index in [0.717, 1.165) is 62.9 Å². The van der Waals surface area contributed by atoms with Gasteiger partial charge in [0.05, 0.1) is 11.6 Å². The zero-order valence-electron chi connectivity index (χ0n) is 19.4. The van der Waals surface area contributed by atoms with Crippen LogP contribution in [0.3, 0.4) is 0 Å². The van der Waals surface area contributed by atoms with Gasteiger partial charge in [-0.3, -0.25) is 4.90 Å². The molecule has 0 unspecified atom stereocenters. The molecule has 3 heterocycles. The van der Waals surface area contributed by atoms with E-state index in [2.05, 4.69) is 38.4 Å². The van der Waals surface area contributed by atoms with Crippen LogP contribution in [0.25, 0.3) is 21.9 Å². The van der Waals surface area contributed by atoms with E-state index in [1.54, 1.807) is 7.05 Å². The number of rotatable bonds is 7. The average molecular weight is 456 g/mol. The second-order valence-electron chi connectivity index (χ2n) is 8.89. The number of aryl methyl sites for hydroxylation is 1. The third-order valence-electron chi connectivity index (χ3n) is 6.79. The molecule has 1 fully saturated rings. The summed E-state index contributed by atoms with van der Waals surface area (Å²) < 4.78 is 5.40. The number of benzene rings is 2. The number of unbranched alkanes of at least 4 members (excludes halogenated alkanes) is 1. The molecule has 1 aliphatic rings. The van der Waals surface area contributed by atoms with E-state index in [1.165, 1.54) is 16.6 Å². The van der Waals surface area contributed by atoms with Gasteiger partial charge in [-0.25, -0.2) is 4.79 Å². The minimum absolute atomic E-state index is 0.340. The van der Waals surface area contributed by atoms with Gasteiger partial charge in [0.25, 0.3) is 0 Å². The van der Waals surface area contributed by atoms with Crippen LogP contribution in [0.1, 0.15) is 24.0 Å². The van der Waals surface area contributed by atoms with Gasteiger partial charge in [-0.05, 0) is 73.8 Å². The van der Waals surface area contributed by atoms with Gasteiger partial charge in [-0.1, -0.05) is 0 Å². The molecule has 174 valence electrons. The fourth-order valence-corrected chi connectivity index (χ4v) is 4.82. The number of hydrogen-bond acceptors (Lipinski definition) is 6. The maximum atomic E-state index is 11.9. The van der Waals surface area contributed by atoms with Crippen LogP contribution in [0.2, 0.25) is 0 Å². The number of nitrogens with zero attached hydrogens (tertiary/aromatic N) is 3. The van der Waals surface area contributed by atoms with E-state index >= 15 is 0 Å². The predicted molar refractivity (Wildman–Crippen MR) is 137 cm³/mol. The standard InChI is InChI=1S/C27H29N5O2/c1-29-25-16-21-15-22(6-8-26(21)34-27(25)33)32-12-10-31(11-13-32)9-3-2-4-20-18-30-24-7-5-19(17-28)14-23(20)24/h5-8,14-16,18,29-30H,2-4,9-13H2,1H3. The third-order valence-corrected chi connectivity index (χ3v) is 6.79. The van der Waals surface area contributed by atoms with Crippen LogP contribution < -0.4 is 15.8 Å². The maximum Gasteiger partial charge on any atom is 0.359 e. The van der Waals surface area contributed by atoms with E-state index in [9.17, 15) is 4.79 Å². The number of fused-ring (bicyclic) bond motifs is 2. The highest BCUT2D eigenvalue weighted by molar-refractivity contribution is 5.85. The molecule has 2 aromatic carbocycles. The Kier molecular flexibility index (Phi) is 6.24. The summed E-state index contributed by atoms with van der Waals surface area (Å²) in [6.45, 7) is 5.17. The number of anilines is 2. The topological polar surface area (TPSA) is 88.3 Å². The van der Waals surface area contributed by atoms with Crippen molar-refractivity contribution in [1.29, 1.82) is 5.26 Å². The smallest absolute Gasteiger partial charge is 0.359 e. The molecule has 0 saturated carbocycles. The van der Waals surface area contributed by atoms with Crippen molar-refractivity contribution >= 4 is 33.2 Å². The zero-order valence-corrected chi connectivity index (χ0v) is 19.4. The van der Waals surface area contributed by atoms with Crippen LogP contribution in [-0.4, -0.2) is 49.7 Å². The van der Waals surface area contributed by atoms with Gasteiger partial charge >= 0.3 is 5.63 Å². The van der Waals surface area contributed by atoms with Crippen molar-refractivity contribution in [2.45, 2.75) is 19.3 Å². The van der Waals surface area contributed by atoms with Crippen LogP contribution in [0.5, 0.6) is 0 Å². The lowest BCUT2D eigenvalue weighted by Crippen LogP contribution is -2.46. The summed E-state index contributed by atoms with van der Waals surface area (Å²) in [5.41, 5.74) is 5.03. The molecule has 0 aliphatic carbocycles. The number of aromatic nitrogens is 1. The van der Waals surface area contributed by atoms with Crippen molar-refractivity contribution in [2.75, 3.05) is 50.0 Å². The molecule has 0 amide bonds. The molecule has 0 bridgehead atoms. The van der Waals surface area contributed by atoms with Gasteiger partial charge in [0, 0.05) is 61.4 Å². The predicted octanol–water partition coefficient (Wildman–Crippen LogP) is 4.33. The first-order chi connectivity index (χ1) is 16.6. The molecule has 0 atom stereocenters. The van der Waals surface area contributed by atoms with Crippen molar-refractivity contribution in [1.82, 2.24) is 9.88 Å². The highest BCUT2D eigenvalue weighted by Gasteiger charge is 2.17. The summed E-state index contributed by atoms with van der Waals surface area (Å²) in [4.78, 5) is 20.1. The second-order valence-corrected chi connectivity index (χ2v) is 8.89. The summed E-state index contributed by atoms with van der Waals surface area (Å²) in [7, 11) is 1.73. The summed E-state index contributed by atoms with van der Waals surface area (Å²) in [5, 5.41) is 14.2. The second kappa shape index (κ2) is 9.62. The van der Waals surface area contributed by atoms with Gasteiger partial charge in [-0.2, -0.15) is 5.26 Å². The molecular formula is C27H29N5O2. The first-order valence-electron chi connectivity index (χ1n) is 11.9. The normalized spacial score (nSPS) is 14.5. The molecule has 5 rings (SSSR count). The van der Waals surface area contributed by atoms with Crippen LogP contribution in [0.15, 0.2) is 57.9 Å². The van der Waals surface area contributed by atoms with Gasteiger partial charge in [0.2, 0.25) is 0 Å². The number of aromatic amines is 1. The lowest BCUT2D eigenvalue weighted by atomic mass is 10.1. The quantitative estimate of drug-likeness (QED) is 0.319. The van der Waals surface area contributed by atoms with Gasteiger partial charge in [-0.15, -0.1) is 0 Å². The highest BCUT2D eigenvalue weighted by atomic mass is 16.4. The van der Waals surface area contributed by atoms with Gasteiger partial charge in [0.1, 0.15) is 11.3 Å². The van der Waals surface area contributed by atoms with Crippen molar-refractivity contribution in [2.24, 2.45) is 0 Å². The summed E-state index contributed by atoms with van der Waals surface area (Å²) >= 11 is 0. The molecule has 1 saturated heterocycles. The number of nitriles is 1.